The van der Waals surface area contributed by atoms with E-state index in [-0.39, 0.29) is 20.7 Å². The Kier molecular flexibility index (Phi) is 5.32. The molecule has 9 heteroatoms. The van der Waals surface area contributed by atoms with Crippen LogP contribution in [0.1, 0.15) is 13.3 Å². The number of amides is 1. The minimum absolute atomic E-state index is 0.0386. The summed E-state index contributed by atoms with van der Waals surface area (Å²) in [4.78, 5) is 10.7. The highest BCUT2D eigenvalue weighted by molar-refractivity contribution is 8.13. The van der Waals surface area contributed by atoms with Gasteiger partial charge in [0.1, 0.15) is 10.6 Å². The molecule has 0 aliphatic heterocycles. The molecule has 19 heavy (non-hydrogen) atoms. The van der Waals surface area contributed by atoms with Crippen molar-refractivity contribution in [3.05, 3.63) is 22.2 Å². The van der Waals surface area contributed by atoms with E-state index in [4.69, 9.17) is 44.4 Å². The van der Waals surface area contributed by atoms with E-state index in [1.165, 1.54) is 6.07 Å². The summed E-state index contributed by atoms with van der Waals surface area (Å²) in [5, 5.41) is -0.197. The molecule has 5 nitrogen and oxygen atoms in total. The third-order valence-electron chi connectivity index (χ3n) is 2.21. The molecule has 1 aromatic rings. The maximum Gasteiger partial charge on any atom is 0.262 e. The number of primary amides is 1. The van der Waals surface area contributed by atoms with Crippen LogP contribution < -0.4 is 10.5 Å². The van der Waals surface area contributed by atoms with Crippen LogP contribution in [0.4, 0.5) is 0 Å². The maximum absolute atomic E-state index is 11.2. The molecule has 0 fully saturated rings. The predicted molar refractivity (Wildman–Crippen MR) is 73.4 cm³/mol. The number of rotatable bonds is 5. The Bertz CT molecular complexity index is 603. The van der Waals surface area contributed by atoms with Crippen LogP contribution in [0.3, 0.4) is 0 Å². The lowest BCUT2D eigenvalue weighted by atomic mass is 10.2. The van der Waals surface area contributed by atoms with E-state index in [0.29, 0.717) is 6.42 Å². The zero-order valence-corrected chi connectivity index (χ0v) is 12.8. The molecule has 0 aromatic heterocycles. The molecule has 0 bridgehead atoms. The molecule has 1 amide bonds. The van der Waals surface area contributed by atoms with Crippen LogP contribution in [-0.4, -0.2) is 20.4 Å². The fourth-order valence-electron chi connectivity index (χ4n) is 1.28. The molecule has 1 rings (SSSR count). The number of hydrogen-bond acceptors (Lipinski definition) is 4. The van der Waals surface area contributed by atoms with Gasteiger partial charge in [-0.05, 0) is 12.5 Å². The van der Waals surface area contributed by atoms with Crippen molar-refractivity contribution in [2.75, 3.05) is 0 Å². The van der Waals surface area contributed by atoms with Gasteiger partial charge in [0.15, 0.2) is 6.10 Å². The summed E-state index contributed by atoms with van der Waals surface area (Å²) >= 11 is 11.6. The maximum atomic E-state index is 11.2. The van der Waals surface area contributed by atoms with E-state index in [2.05, 4.69) is 0 Å². The van der Waals surface area contributed by atoms with Crippen LogP contribution in [0.2, 0.25) is 10.0 Å². The first-order valence-electron chi connectivity index (χ1n) is 5.06. The van der Waals surface area contributed by atoms with E-state index in [1.807, 2.05) is 0 Å². The van der Waals surface area contributed by atoms with Gasteiger partial charge in [0.05, 0.1) is 10.0 Å². The Morgan fingerprint density at radius 3 is 2.37 bits per heavy atom. The number of hydrogen-bond donors (Lipinski definition) is 1. The van der Waals surface area contributed by atoms with Crippen LogP contribution in [0.25, 0.3) is 0 Å². The summed E-state index contributed by atoms with van der Waals surface area (Å²) in [5.74, 6) is -0.606. The molecule has 0 spiro atoms. The average Bonchev–Trinajstić information content (AvgIpc) is 2.27. The number of carbonyl (C=O) groups is 1. The van der Waals surface area contributed by atoms with Gasteiger partial charge in [-0.3, -0.25) is 4.79 Å². The topological polar surface area (TPSA) is 86.5 Å². The molecule has 1 unspecified atom stereocenters. The zero-order valence-electron chi connectivity index (χ0n) is 9.69. The van der Waals surface area contributed by atoms with Gasteiger partial charge in [0.2, 0.25) is 0 Å². The second-order valence-corrected chi connectivity index (χ2v) is 6.92. The van der Waals surface area contributed by atoms with Gasteiger partial charge in [0, 0.05) is 16.7 Å². The second-order valence-electron chi connectivity index (χ2n) is 3.57. The van der Waals surface area contributed by atoms with Crippen LogP contribution in [0.5, 0.6) is 5.75 Å². The van der Waals surface area contributed by atoms with Crippen molar-refractivity contribution in [2.45, 2.75) is 24.3 Å². The van der Waals surface area contributed by atoms with Gasteiger partial charge in [-0.15, -0.1) is 0 Å². The average molecular weight is 347 g/mol. The van der Waals surface area contributed by atoms with Crippen molar-refractivity contribution in [1.29, 1.82) is 0 Å². The molecule has 1 aromatic carbocycles. The van der Waals surface area contributed by atoms with E-state index >= 15 is 0 Å². The fourth-order valence-corrected chi connectivity index (χ4v) is 3.07. The highest BCUT2D eigenvalue weighted by Gasteiger charge is 2.21. The van der Waals surface area contributed by atoms with Crippen molar-refractivity contribution in [3.8, 4) is 5.75 Å². The van der Waals surface area contributed by atoms with Crippen molar-refractivity contribution in [3.63, 3.8) is 0 Å². The van der Waals surface area contributed by atoms with Crippen molar-refractivity contribution in [2.24, 2.45) is 5.73 Å². The third kappa shape index (κ3) is 4.14. The zero-order chi connectivity index (χ0) is 14.8. The summed E-state index contributed by atoms with van der Waals surface area (Å²) in [6.07, 6.45) is -0.550. The first kappa shape index (κ1) is 16.4. The lowest BCUT2D eigenvalue weighted by Gasteiger charge is -2.16. The minimum atomic E-state index is -4.01. The van der Waals surface area contributed by atoms with Crippen LogP contribution in [-0.2, 0) is 13.8 Å². The van der Waals surface area contributed by atoms with Gasteiger partial charge >= 0.3 is 0 Å². The number of ether oxygens (including phenoxy) is 1. The molecular formula is C10H10Cl3NO4S. The second kappa shape index (κ2) is 6.17. The van der Waals surface area contributed by atoms with Crippen molar-refractivity contribution in [1.82, 2.24) is 0 Å². The van der Waals surface area contributed by atoms with E-state index in [0.717, 1.165) is 6.07 Å². The molecule has 106 valence electrons. The summed E-state index contributed by atoms with van der Waals surface area (Å²) < 4.78 is 27.7. The van der Waals surface area contributed by atoms with Crippen LogP contribution in [0, 0.1) is 0 Å². The molecule has 0 radical (unpaired) electrons. The molecule has 1 atom stereocenters. The van der Waals surface area contributed by atoms with Crippen LogP contribution >= 0.6 is 33.9 Å². The summed E-state index contributed by atoms with van der Waals surface area (Å²) in [6.45, 7) is 1.70. The normalized spacial score (nSPS) is 13.1. The monoisotopic (exact) mass is 345 g/mol. The highest BCUT2D eigenvalue weighted by Crippen LogP contribution is 2.35. The van der Waals surface area contributed by atoms with Gasteiger partial charge in [-0.1, -0.05) is 30.1 Å². The first-order valence-corrected chi connectivity index (χ1v) is 8.13. The molecule has 0 heterocycles. The predicted octanol–water partition coefficient (Wildman–Crippen LogP) is 2.56. The standard InChI is InChI=1S/C10H10Cl3NO4S/c1-2-7(10(14)15)18-8-3-6(12)9(4-5(8)11)19(13,16)17/h3-4,7H,2H2,1H3,(H2,14,15). The van der Waals surface area contributed by atoms with Crippen molar-refractivity contribution < 1.29 is 17.9 Å². The summed E-state index contributed by atoms with van der Waals surface area (Å²) in [5.41, 5.74) is 5.13. The Morgan fingerprint density at radius 2 is 1.95 bits per heavy atom. The minimum Gasteiger partial charge on any atom is -0.479 e. The van der Waals surface area contributed by atoms with Gasteiger partial charge in [0.25, 0.3) is 15.0 Å². The Labute approximate surface area is 125 Å². The Morgan fingerprint density at radius 1 is 1.37 bits per heavy atom. The summed E-state index contributed by atoms with van der Waals surface area (Å²) in [7, 11) is 1.17. The third-order valence-corrected chi connectivity index (χ3v) is 4.29. The molecule has 0 aliphatic rings. The number of nitrogens with two attached hydrogens (primary N) is 1. The molecule has 0 saturated heterocycles. The molecule has 0 saturated carbocycles. The van der Waals surface area contributed by atoms with E-state index in [1.54, 1.807) is 6.92 Å². The highest BCUT2D eigenvalue weighted by atomic mass is 35.7. The van der Waals surface area contributed by atoms with Gasteiger partial charge in [-0.2, -0.15) is 0 Å². The van der Waals surface area contributed by atoms with Gasteiger partial charge in [-0.25, -0.2) is 8.42 Å². The SMILES string of the molecule is CCC(Oc1cc(Cl)c(S(=O)(=O)Cl)cc1Cl)C(N)=O. The number of carbonyl (C=O) groups excluding carboxylic acids is 1. The lowest BCUT2D eigenvalue weighted by molar-refractivity contribution is -0.124. The van der Waals surface area contributed by atoms with E-state index < -0.39 is 21.1 Å². The Hall–Kier alpha value is -0.690. The molecular weight excluding hydrogens is 337 g/mol. The lowest BCUT2D eigenvalue weighted by Crippen LogP contribution is -2.33. The first-order chi connectivity index (χ1) is 8.66. The molecule has 2 N–H and O–H groups in total. The Balaban J connectivity index is 3.20. The fraction of sp³-hybridized carbons (Fsp3) is 0.300. The van der Waals surface area contributed by atoms with Crippen molar-refractivity contribution >= 4 is 48.8 Å². The number of halogens is 3. The smallest absolute Gasteiger partial charge is 0.262 e. The number of benzene rings is 1. The van der Waals surface area contributed by atoms with E-state index in [9.17, 15) is 13.2 Å². The quantitative estimate of drug-likeness (QED) is 0.830. The summed E-state index contributed by atoms with van der Waals surface area (Å²) in [6, 6.07) is 2.22. The molecule has 0 aliphatic carbocycles. The van der Waals surface area contributed by atoms with Gasteiger partial charge < -0.3 is 10.5 Å². The van der Waals surface area contributed by atoms with Crippen LogP contribution in [0.15, 0.2) is 17.0 Å². The largest absolute Gasteiger partial charge is 0.479 e.